The van der Waals surface area contributed by atoms with E-state index in [9.17, 15) is 4.79 Å². The van der Waals surface area contributed by atoms with Crippen molar-refractivity contribution in [3.63, 3.8) is 0 Å². The van der Waals surface area contributed by atoms with E-state index in [2.05, 4.69) is 29.7 Å². The molecule has 1 aromatic rings. The average Bonchev–Trinajstić information content (AvgIpc) is 2.52. The molecule has 1 aromatic heterocycles. The Balaban J connectivity index is 2.18. The van der Waals surface area contributed by atoms with E-state index in [4.69, 9.17) is 0 Å². The van der Waals surface area contributed by atoms with Crippen molar-refractivity contribution >= 4 is 17.2 Å². The minimum atomic E-state index is 0.0563. The second-order valence-corrected chi connectivity index (χ2v) is 4.44. The molecule has 4 heteroatoms. The van der Waals surface area contributed by atoms with E-state index in [-0.39, 0.29) is 5.91 Å². The van der Waals surface area contributed by atoms with Gasteiger partial charge in [0.2, 0.25) is 5.91 Å². The van der Waals surface area contributed by atoms with Gasteiger partial charge in [-0.25, -0.2) is 0 Å². The number of carbonyl (C=O) groups is 1. The summed E-state index contributed by atoms with van der Waals surface area (Å²) in [6.45, 7) is 5.86. The molecule has 0 saturated carbocycles. The molecule has 0 bridgehead atoms. The number of hydrogen-bond donors (Lipinski definition) is 2. The average molecular weight is 212 g/mol. The number of likely N-dealkylation sites (N-methyl/N-ethyl adjacent to an activating group) is 1. The maximum absolute atomic E-state index is 11.1. The molecular weight excluding hydrogens is 196 g/mol. The largest absolute Gasteiger partial charge is 0.355 e. The summed E-state index contributed by atoms with van der Waals surface area (Å²) in [7, 11) is 0. The number of amides is 1. The van der Waals surface area contributed by atoms with Crippen molar-refractivity contribution in [3.8, 4) is 0 Å². The third-order valence-corrected chi connectivity index (χ3v) is 2.76. The second-order valence-electron chi connectivity index (χ2n) is 3.07. The van der Waals surface area contributed by atoms with Gasteiger partial charge in [0, 0.05) is 22.8 Å². The SMILES string of the molecule is CCNC(=O)CNCc1ccc(C)s1. The normalized spacial score (nSPS) is 10.1. The number of rotatable bonds is 5. The monoisotopic (exact) mass is 212 g/mol. The molecule has 1 amide bonds. The lowest BCUT2D eigenvalue weighted by Gasteiger charge is -2.02. The van der Waals surface area contributed by atoms with Gasteiger partial charge in [0.1, 0.15) is 0 Å². The summed E-state index contributed by atoms with van der Waals surface area (Å²) in [5, 5.41) is 5.84. The summed E-state index contributed by atoms with van der Waals surface area (Å²) in [5.41, 5.74) is 0. The van der Waals surface area contributed by atoms with Gasteiger partial charge in [-0.3, -0.25) is 4.79 Å². The predicted molar refractivity (Wildman–Crippen MR) is 59.4 cm³/mol. The van der Waals surface area contributed by atoms with Gasteiger partial charge in [-0.05, 0) is 26.0 Å². The predicted octanol–water partition coefficient (Wildman–Crippen LogP) is 1.28. The Labute approximate surface area is 88.5 Å². The number of carbonyl (C=O) groups excluding carboxylic acids is 1. The zero-order chi connectivity index (χ0) is 10.4. The van der Waals surface area contributed by atoms with Crippen LogP contribution < -0.4 is 10.6 Å². The highest BCUT2D eigenvalue weighted by Crippen LogP contribution is 2.14. The molecule has 0 unspecified atom stereocenters. The van der Waals surface area contributed by atoms with E-state index in [1.54, 1.807) is 11.3 Å². The molecular formula is C10H16N2OS. The van der Waals surface area contributed by atoms with Crippen LogP contribution in [0.3, 0.4) is 0 Å². The van der Waals surface area contributed by atoms with Crippen LogP contribution in [0, 0.1) is 6.92 Å². The minimum absolute atomic E-state index is 0.0563. The molecule has 1 rings (SSSR count). The number of hydrogen-bond acceptors (Lipinski definition) is 3. The smallest absolute Gasteiger partial charge is 0.233 e. The van der Waals surface area contributed by atoms with E-state index < -0.39 is 0 Å². The van der Waals surface area contributed by atoms with E-state index in [1.807, 2.05) is 6.92 Å². The van der Waals surface area contributed by atoms with Gasteiger partial charge < -0.3 is 10.6 Å². The van der Waals surface area contributed by atoms with Crippen LogP contribution in [-0.4, -0.2) is 19.0 Å². The van der Waals surface area contributed by atoms with E-state index in [0.29, 0.717) is 13.1 Å². The first-order valence-corrected chi connectivity index (χ1v) is 5.56. The molecule has 0 atom stereocenters. The Bertz CT molecular complexity index is 296. The molecule has 0 fully saturated rings. The van der Waals surface area contributed by atoms with Crippen LogP contribution in [-0.2, 0) is 11.3 Å². The van der Waals surface area contributed by atoms with Crippen molar-refractivity contribution < 1.29 is 4.79 Å². The summed E-state index contributed by atoms with van der Waals surface area (Å²) in [5.74, 6) is 0.0563. The van der Waals surface area contributed by atoms with E-state index in [1.165, 1.54) is 9.75 Å². The number of nitrogens with one attached hydrogen (secondary N) is 2. The molecule has 0 radical (unpaired) electrons. The van der Waals surface area contributed by atoms with E-state index >= 15 is 0 Å². The van der Waals surface area contributed by atoms with Gasteiger partial charge in [0.05, 0.1) is 6.54 Å². The third-order valence-electron chi connectivity index (χ3n) is 1.75. The highest BCUT2D eigenvalue weighted by Gasteiger charge is 1.99. The van der Waals surface area contributed by atoms with Crippen molar-refractivity contribution in [2.45, 2.75) is 20.4 Å². The van der Waals surface area contributed by atoms with Crippen molar-refractivity contribution in [3.05, 3.63) is 21.9 Å². The number of aryl methyl sites for hydroxylation is 1. The van der Waals surface area contributed by atoms with Crippen LogP contribution in [0.4, 0.5) is 0 Å². The first-order chi connectivity index (χ1) is 6.72. The van der Waals surface area contributed by atoms with Crippen molar-refractivity contribution in [2.75, 3.05) is 13.1 Å². The molecule has 0 spiro atoms. The van der Waals surface area contributed by atoms with E-state index in [0.717, 1.165) is 6.54 Å². The molecule has 0 aromatic carbocycles. The Hall–Kier alpha value is -0.870. The highest BCUT2D eigenvalue weighted by atomic mass is 32.1. The molecule has 3 nitrogen and oxygen atoms in total. The summed E-state index contributed by atoms with van der Waals surface area (Å²) in [4.78, 5) is 13.6. The van der Waals surface area contributed by atoms with Gasteiger partial charge in [0.25, 0.3) is 0 Å². The molecule has 78 valence electrons. The topological polar surface area (TPSA) is 41.1 Å². The van der Waals surface area contributed by atoms with Crippen molar-refractivity contribution in [1.29, 1.82) is 0 Å². The molecule has 0 aliphatic rings. The van der Waals surface area contributed by atoms with Gasteiger partial charge in [-0.15, -0.1) is 11.3 Å². The maximum atomic E-state index is 11.1. The minimum Gasteiger partial charge on any atom is -0.355 e. The van der Waals surface area contributed by atoms with Crippen molar-refractivity contribution in [2.24, 2.45) is 0 Å². The zero-order valence-corrected chi connectivity index (χ0v) is 9.41. The summed E-state index contributed by atoms with van der Waals surface area (Å²) in [6, 6.07) is 4.18. The second kappa shape index (κ2) is 5.78. The van der Waals surface area contributed by atoms with Crippen molar-refractivity contribution in [1.82, 2.24) is 10.6 Å². The Kier molecular flexibility index (Phi) is 4.62. The molecule has 0 aliphatic heterocycles. The van der Waals surface area contributed by atoms with Crippen LogP contribution in [0.5, 0.6) is 0 Å². The molecule has 0 aliphatic carbocycles. The lowest BCUT2D eigenvalue weighted by Crippen LogP contribution is -2.33. The van der Waals surface area contributed by atoms with Crippen LogP contribution in [0.2, 0.25) is 0 Å². The standard InChI is InChI=1S/C10H16N2OS/c1-3-12-10(13)7-11-6-9-5-4-8(2)14-9/h4-5,11H,3,6-7H2,1-2H3,(H,12,13). The van der Waals surface area contributed by atoms with Gasteiger partial charge in [-0.2, -0.15) is 0 Å². The van der Waals surface area contributed by atoms with Crippen LogP contribution in [0.15, 0.2) is 12.1 Å². The summed E-state index contributed by atoms with van der Waals surface area (Å²) < 4.78 is 0. The van der Waals surface area contributed by atoms with Gasteiger partial charge >= 0.3 is 0 Å². The number of thiophene rings is 1. The quantitative estimate of drug-likeness (QED) is 0.772. The molecule has 2 N–H and O–H groups in total. The summed E-state index contributed by atoms with van der Waals surface area (Å²) in [6.07, 6.45) is 0. The Morgan fingerprint density at radius 2 is 2.29 bits per heavy atom. The first kappa shape index (κ1) is 11.2. The van der Waals surface area contributed by atoms with Gasteiger partial charge in [-0.1, -0.05) is 0 Å². The zero-order valence-electron chi connectivity index (χ0n) is 8.59. The molecule has 14 heavy (non-hydrogen) atoms. The third kappa shape index (κ3) is 3.89. The maximum Gasteiger partial charge on any atom is 0.233 e. The lowest BCUT2D eigenvalue weighted by molar-refractivity contribution is -0.120. The molecule has 0 saturated heterocycles. The fraction of sp³-hybridized carbons (Fsp3) is 0.500. The Morgan fingerprint density at radius 1 is 1.50 bits per heavy atom. The van der Waals surface area contributed by atoms with Gasteiger partial charge in [0.15, 0.2) is 0 Å². The molecule has 1 heterocycles. The first-order valence-electron chi connectivity index (χ1n) is 4.75. The van der Waals surface area contributed by atoms with Crippen LogP contribution in [0.1, 0.15) is 16.7 Å². The summed E-state index contributed by atoms with van der Waals surface area (Å²) >= 11 is 1.76. The fourth-order valence-electron chi connectivity index (χ4n) is 1.14. The fourth-order valence-corrected chi connectivity index (χ4v) is 2.00. The lowest BCUT2D eigenvalue weighted by atomic mass is 10.4. The Morgan fingerprint density at radius 3 is 2.86 bits per heavy atom. The highest BCUT2D eigenvalue weighted by molar-refractivity contribution is 7.11. The van der Waals surface area contributed by atoms with Crippen LogP contribution >= 0.6 is 11.3 Å². The van der Waals surface area contributed by atoms with Crippen LogP contribution in [0.25, 0.3) is 0 Å².